The second kappa shape index (κ2) is 24.1. The van der Waals surface area contributed by atoms with E-state index in [0.717, 1.165) is 20.3 Å². The van der Waals surface area contributed by atoms with Crippen LogP contribution in [0.1, 0.15) is 73.9 Å². The minimum atomic E-state index is -1.10. The minimum Gasteiger partial charge on any atom is -0.480 e. The largest absolute Gasteiger partial charge is 0.498 e. The fourth-order valence-corrected chi connectivity index (χ4v) is 8.35. The number of ether oxygens (including phenoxy) is 2. The number of nitrogens with zero attached hydrogens (tertiary/aromatic N) is 7. The lowest BCUT2D eigenvalue weighted by atomic mass is 9.82. The third kappa shape index (κ3) is 13.9. The van der Waals surface area contributed by atoms with Crippen molar-refractivity contribution in [3.63, 3.8) is 0 Å². The second-order valence-electron chi connectivity index (χ2n) is 19.7. The number of anilines is 2. The number of halogens is 3. The minimum absolute atomic E-state index is 0. The molecule has 3 fully saturated rings. The zero-order valence-corrected chi connectivity index (χ0v) is 44.3. The molecule has 22 heteroatoms. The molecule has 2 aromatic heterocycles. The standard InChI is InChI=1S/C20H17FN4O3.C19H18BrFN2O3.C14H23BN2O4.CH4/c21-16-3-1-2-13(8-16)11-25-18(19(26)27)12-24(20(25)28)17-6-4-14(5-7-17)15-9-22-23-10-15;1-2-26-18(24)17-12-22(16-8-6-14(20)7-9-16)19(25)23(17)11-13-4-3-5-15(21)10-13;1-12(2,3)19-11(18)17-9-10(8-16-17)15-20-13(4,5)14(6,7)21-15;/h1-10,18H,11-12H2,(H,22,23)(H,26,27);3-10,17H,2,11-12H2,1H3;8-9H,1-7H3;1H4. The van der Waals surface area contributed by atoms with E-state index in [-0.39, 0.29) is 52.1 Å². The summed E-state index contributed by atoms with van der Waals surface area (Å²) in [6.45, 7) is 15.7. The zero-order chi connectivity index (χ0) is 54.4. The van der Waals surface area contributed by atoms with E-state index >= 15 is 0 Å². The number of esters is 1. The zero-order valence-electron chi connectivity index (χ0n) is 42.7. The molecule has 0 saturated carbocycles. The van der Waals surface area contributed by atoms with Crippen molar-refractivity contribution in [2.24, 2.45) is 0 Å². The van der Waals surface area contributed by atoms with Crippen LogP contribution in [0.2, 0.25) is 0 Å². The average molecular weight is 1110 g/mol. The Kier molecular flexibility index (Phi) is 18.3. The van der Waals surface area contributed by atoms with Crippen molar-refractivity contribution in [1.82, 2.24) is 29.8 Å². The number of H-pyrrole nitrogens is 1. The van der Waals surface area contributed by atoms with Crippen LogP contribution < -0.4 is 15.3 Å². The van der Waals surface area contributed by atoms with Crippen molar-refractivity contribution < 1.29 is 56.6 Å². The molecule has 2 N–H and O–H groups in total. The van der Waals surface area contributed by atoms with Crippen LogP contribution in [-0.4, -0.2) is 121 Å². The molecule has 0 radical (unpaired) electrons. The van der Waals surface area contributed by atoms with Crippen LogP contribution in [0, 0.1) is 11.6 Å². The second-order valence-corrected chi connectivity index (χ2v) is 20.6. The van der Waals surface area contributed by atoms with Crippen LogP contribution in [0.15, 0.2) is 126 Å². The first-order valence-electron chi connectivity index (χ1n) is 24.0. The summed E-state index contributed by atoms with van der Waals surface area (Å²) >= 11 is 3.36. The predicted octanol–water partition coefficient (Wildman–Crippen LogP) is 9.67. The monoisotopic (exact) mass is 1110 g/mol. The Hall–Kier alpha value is -7.43. The summed E-state index contributed by atoms with van der Waals surface area (Å²) in [6, 6.07) is 23.8. The molecule has 2 unspecified atom stereocenters. The van der Waals surface area contributed by atoms with E-state index in [2.05, 4.69) is 31.2 Å². The maximum atomic E-state index is 13.5. The van der Waals surface area contributed by atoms with E-state index in [4.69, 9.17) is 18.8 Å². The molecule has 402 valence electrons. The smallest absolute Gasteiger partial charge is 0.480 e. The number of benzene rings is 4. The van der Waals surface area contributed by atoms with Crippen LogP contribution >= 0.6 is 15.9 Å². The van der Waals surface area contributed by atoms with Gasteiger partial charge in [0.1, 0.15) is 29.3 Å². The Labute approximate surface area is 449 Å². The number of aromatic nitrogens is 4. The highest BCUT2D eigenvalue weighted by atomic mass is 79.9. The lowest BCUT2D eigenvalue weighted by molar-refractivity contribution is -0.147. The Balaban J connectivity index is 0.000000186. The average Bonchev–Trinajstić information content (AvgIpc) is 4.20. The van der Waals surface area contributed by atoms with Gasteiger partial charge < -0.3 is 33.7 Å². The first-order chi connectivity index (χ1) is 35.4. The lowest BCUT2D eigenvalue weighted by Crippen LogP contribution is -2.41. The van der Waals surface area contributed by atoms with Gasteiger partial charge in [-0.2, -0.15) is 14.9 Å². The molecule has 0 spiro atoms. The van der Waals surface area contributed by atoms with Gasteiger partial charge >= 0.3 is 37.2 Å². The summed E-state index contributed by atoms with van der Waals surface area (Å²) in [5, 5.41) is 20.2. The number of amides is 4. The Morgan fingerprint density at radius 1 is 0.789 bits per heavy atom. The number of hydrogen-bond donors (Lipinski definition) is 2. The van der Waals surface area contributed by atoms with Gasteiger partial charge in [0.15, 0.2) is 0 Å². The number of carbonyl (C=O) groups excluding carboxylic acids is 4. The lowest BCUT2D eigenvalue weighted by Gasteiger charge is -2.32. The van der Waals surface area contributed by atoms with Crippen LogP contribution in [0.4, 0.5) is 34.5 Å². The van der Waals surface area contributed by atoms with Gasteiger partial charge in [-0.15, -0.1) is 0 Å². The number of nitrogens with one attached hydrogen (secondary N) is 1. The van der Waals surface area contributed by atoms with Crippen molar-refractivity contribution in [2.45, 2.75) is 105 Å². The van der Waals surface area contributed by atoms with Gasteiger partial charge in [0.25, 0.3) is 0 Å². The molecule has 18 nitrogen and oxygen atoms in total. The molecule has 5 heterocycles. The molecule has 2 atom stereocenters. The highest BCUT2D eigenvalue weighted by Gasteiger charge is 2.52. The summed E-state index contributed by atoms with van der Waals surface area (Å²) < 4.78 is 51.2. The van der Waals surface area contributed by atoms with E-state index in [1.54, 1.807) is 74.2 Å². The number of rotatable bonds is 11. The quantitative estimate of drug-likeness (QED) is 0.0920. The van der Waals surface area contributed by atoms with Crippen molar-refractivity contribution in [3.05, 3.63) is 149 Å². The van der Waals surface area contributed by atoms with Gasteiger partial charge in [0, 0.05) is 58.6 Å². The number of carboxylic acids is 1. The number of aliphatic carboxylic acids is 1. The molecule has 0 aliphatic carbocycles. The molecule has 9 rings (SSSR count). The third-order valence-corrected chi connectivity index (χ3v) is 13.1. The van der Waals surface area contributed by atoms with Gasteiger partial charge in [0.05, 0.1) is 37.1 Å². The molecule has 3 aliphatic rings. The molecule has 76 heavy (non-hydrogen) atoms. The predicted molar refractivity (Wildman–Crippen MR) is 286 cm³/mol. The van der Waals surface area contributed by atoms with Crippen molar-refractivity contribution >= 4 is 70.0 Å². The molecule has 3 saturated heterocycles. The van der Waals surface area contributed by atoms with Crippen LogP contribution in [0.5, 0.6) is 0 Å². The van der Waals surface area contributed by atoms with Crippen LogP contribution in [0.25, 0.3) is 11.1 Å². The fourth-order valence-electron chi connectivity index (χ4n) is 8.09. The van der Waals surface area contributed by atoms with Gasteiger partial charge in [-0.3, -0.25) is 14.9 Å². The fraction of sp³-hybridized carbons (Fsp3) is 0.352. The Morgan fingerprint density at radius 3 is 1.78 bits per heavy atom. The number of aromatic amines is 1. The summed E-state index contributed by atoms with van der Waals surface area (Å²) in [6.07, 6.45) is 6.07. The molecular weight excluding hydrogens is 1050 g/mol. The van der Waals surface area contributed by atoms with E-state index in [1.807, 2.05) is 72.7 Å². The SMILES string of the molecule is C.CC(C)(C)OC(=O)n1cc(B2OC(C)(C)C(C)(C)O2)cn1.CCOC(=O)C1CN(c2ccc(Br)cc2)C(=O)N1Cc1cccc(F)c1.O=C(O)C1CN(c2ccc(-c3cn[nH]c3)cc2)C(=O)N1Cc1cccc(F)c1. The summed E-state index contributed by atoms with van der Waals surface area (Å²) in [5.74, 6) is -2.37. The maximum absolute atomic E-state index is 13.5. The topological polar surface area (TPSA) is 202 Å². The normalized spacial score (nSPS) is 17.6. The van der Waals surface area contributed by atoms with Crippen molar-refractivity contribution in [3.8, 4) is 11.1 Å². The highest BCUT2D eigenvalue weighted by molar-refractivity contribution is 9.10. The summed E-state index contributed by atoms with van der Waals surface area (Å²) in [4.78, 5) is 67.5. The maximum Gasteiger partial charge on any atom is 0.498 e. The first-order valence-corrected chi connectivity index (χ1v) is 24.8. The molecule has 4 amide bonds. The van der Waals surface area contributed by atoms with Gasteiger partial charge in [-0.25, -0.2) is 32.8 Å². The van der Waals surface area contributed by atoms with Crippen molar-refractivity contribution in [2.75, 3.05) is 29.5 Å². The molecule has 3 aliphatic heterocycles. The van der Waals surface area contributed by atoms with Crippen LogP contribution in [0.3, 0.4) is 0 Å². The third-order valence-electron chi connectivity index (χ3n) is 12.6. The highest BCUT2D eigenvalue weighted by Crippen LogP contribution is 2.37. The van der Waals surface area contributed by atoms with E-state index < -0.39 is 65.9 Å². The molecular formula is C54H62BBrF2N8O10. The number of urea groups is 2. The molecule has 4 aromatic carbocycles. The first kappa shape index (κ1) is 57.8. The van der Waals surface area contributed by atoms with E-state index in [0.29, 0.717) is 28.0 Å². The van der Waals surface area contributed by atoms with Gasteiger partial charge in [-0.1, -0.05) is 59.8 Å². The number of hydrogen-bond acceptors (Lipinski definition) is 11. The van der Waals surface area contributed by atoms with Gasteiger partial charge in [0.2, 0.25) is 0 Å². The number of carbonyl (C=O) groups is 5. The number of carboxylic acid groups (broad SMARTS) is 1. The Morgan fingerprint density at radius 2 is 1.30 bits per heavy atom. The summed E-state index contributed by atoms with van der Waals surface area (Å²) in [7, 11) is -0.536. The summed E-state index contributed by atoms with van der Waals surface area (Å²) in [5.41, 5.74) is 3.57. The molecule has 6 aromatic rings. The Bertz CT molecular complexity index is 2970. The van der Waals surface area contributed by atoms with E-state index in [9.17, 15) is 37.9 Å². The molecule has 0 bridgehead atoms. The van der Waals surface area contributed by atoms with Crippen LogP contribution in [-0.2, 0) is 41.5 Å². The van der Waals surface area contributed by atoms with Crippen molar-refractivity contribution in [1.29, 1.82) is 0 Å². The van der Waals surface area contributed by atoms with E-state index in [1.165, 1.54) is 49.9 Å². The van der Waals surface area contributed by atoms with Gasteiger partial charge in [-0.05, 0) is 133 Å².